The van der Waals surface area contributed by atoms with E-state index >= 15 is 0 Å². The predicted octanol–water partition coefficient (Wildman–Crippen LogP) is 0.736. The molecule has 1 saturated heterocycles. The highest BCUT2D eigenvalue weighted by Crippen LogP contribution is 2.18. The van der Waals surface area contributed by atoms with Crippen molar-refractivity contribution in [3.63, 3.8) is 0 Å². The van der Waals surface area contributed by atoms with E-state index in [2.05, 4.69) is 14.9 Å². The second kappa shape index (κ2) is 4.14. The first-order valence-electron chi connectivity index (χ1n) is 4.67. The zero-order valence-corrected chi connectivity index (χ0v) is 9.00. The molecule has 76 valence electrons. The molecule has 0 spiro atoms. The molecule has 1 aliphatic heterocycles. The topological polar surface area (TPSA) is 55.0 Å². The van der Waals surface area contributed by atoms with Crippen LogP contribution in [0.1, 0.15) is 6.42 Å². The Balaban J connectivity index is 2.15. The summed E-state index contributed by atoms with van der Waals surface area (Å²) in [7, 11) is 0. The highest BCUT2D eigenvalue weighted by Gasteiger charge is 2.20. The quantitative estimate of drug-likeness (QED) is 0.576. The lowest BCUT2D eigenvalue weighted by Gasteiger charge is -2.16. The molecule has 0 aliphatic carbocycles. The molecule has 2 rings (SSSR count). The Morgan fingerprint density at radius 1 is 1.64 bits per heavy atom. The van der Waals surface area contributed by atoms with Gasteiger partial charge >= 0.3 is 0 Å². The molecule has 5 heteroatoms. The maximum atomic E-state index is 5.84. The molecule has 1 unspecified atom stereocenters. The van der Waals surface area contributed by atoms with E-state index in [4.69, 9.17) is 5.73 Å². The number of thioether (sulfide) groups is 1. The Hall–Kier alpha value is -0.810. The summed E-state index contributed by atoms with van der Waals surface area (Å²) in [5.74, 6) is 0.998. The van der Waals surface area contributed by atoms with Crippen LogP contribution in [-0.2, 0) is 0 Å². The van der Waals surface area contributed by atoms with Crippen LogP contribution in [0.3, 0.4) is 0 Å². The Morgan fingerprint density at radius 3 is 3.14 bits per heavy atom. The van der Waals surface area contributed by atoms with Gasteiger partial charge in [-0.05, 0) is 18.7 Å². The number of aromatic nitrogens is 2. The standard InChI is InChI=1S/C9H14N4S/c1-14-9-11-4-2-8(12-9)13-5-3-7(10)6-13/h2,4,7H,3,5-6,10H2,1H3. The summed E-state index contributed by atoms with van der Waals surface area (Å²) >= 11 is 1.56. The van der Waals surface area contributed by atoms with E-state index in [0.29, 0.717) is 6.04 Å². The lowest BCUT2D eigenvalue weighted by molar-refractivity contribution is 0.750. The Morgan fingerprint density at radius 2 is 2.50 bits per heavy atom. The third kappa shape index (κ3) is 1.99. The summed E-state index contributed by atoms with van der Waals surface area (Å²) in [6, 6.07) is 2.24. The van der Waals surface area contributed by atoms with Crippen molar-refractivity contribution in [3.8, 4) is 0 Å². The minimum atomic E-state index is 0.294. The molecule has 0 radical (unpaired) electrons. The van der Waals surface area contributed by atoms with Gasteiger partial charge in [-0.3, -0.25) is 0 Å². The molecular formula is C9H14N4S. The summed E-state index contributed by atoms with van der Waals surface area (Å²) < 4.78 is 0. The normalized spacial score (nSPS) is 21.6. The lowest BCUT2D eigenvalue weighted by atomic mass is 10.3. The average molecular weight is 210 g/mol. The molecule has 1 atom stereocenters. The Labute approximate surface area is 87.9 Å². The van der Waals surface area contributed by atoms with Crippen molar-refractivity contribution < 1.29 is 0 Å². The lowest BCUT2D eigenvalue weighted by Crippen LogP contribution is -2.26. The van der Waals surface area contributed by atoms with Crippen molar-refractivity contribution in [1.29, 1.82) is 0 Å². The van der Waals surface area contributed by atoms with Crippen molar-refractivity contribution in [3.05, 3.63) is 12.3 Å². The molecule has 1 aromatic heterocycles. The second-order valence-corrected chi connectivity index (χ2v) is 4.17. The van der Waals surface area contributed by atoms with Gasteiger partial charge in [-0.2, -0.15) is 0 Å². The molecule has 0 amide bonds. The minimum absolute atomic E-state index is 0.294. The number of hydrogen-bond acceptors (Lipinski definition) is 5. The number of nitrogens with two attached hydrogens (primary N) is 1. The SMILES string of the molecule is CSc1nccc(N2CCC(N)C2)n1. The van der Waals surface area contributed by atoms with E-state index in [-0.39, 0.29) is 0 Å². The molecular weight excluding hydrogens is 196 g/mol. The van der Waals surface area contributed by atoms with Gasteiger partial charge in [0.15, 0.2) is 5.16 Å². The van der Waals surface area contributed by atoms with Gasteiger partial charge in [0.25, 0.3) is 0 Å². The zero-order chi connectivity index (χ0) is 9.97. The molecule has 2 N–H and O–H groups in total. The van der Waals surface area contributed by atoms with Gasteiger partial charge in [-0.1, -0.05) is 11.8 Å². The summed E-state index contributed by atoms with van der Waals surface area (Å²) in [5, 5.41) is 0.822. The third-order valence-corrected chi connectivity index (χ3v) is 2.91. The van der Waals surface area contributed by atoms with E-state index < -0.39 is 0 Å². The smallest absolute Gasteiger partial charge is 0.189 e. The molecule has 0 saturated carbocycles. The highest BCUT2D eigenvalue weighted by molar-refractivity contribution is 7.98. The van der Waals surface area contributed by atoms with E-state index in [1.165, 1.54) is 0 Å². The summed E-state index contributed by atoms with van der Waals surface area (Å²) in [4.78, 5) is 10.8. The largest absolute Gasteiger partial charge is 0.355 e. The van der Waals surface area contributed by atoms with E-state index in [1.807, 2.05) is 12.3 Å². The first-order chi connectivity index (χ1) is 6.79. The summed E-state index contributed by atoms with van der Waals surface area (Å²) in [6.45, 7) is 1.91. The zero-order valence-electron chi connectivity index (χ0n) is 8.18. The fraction of sp³-hybridized carbons (Fsp3) is 0.556. The van der Waals surface area contributed by atoms with Crippen molar-refractivity contribution in [2.45, 2.75) is 17.6 Å². The molecule has 0 aromatic carbocycles. The number of nitrogens with zero attached hydrogens (tertiary/aromatic N) is 3. The fourth-order valence-electron chi connectivity index (χ4n) is 1.60. The van der Waals surface area contributed by atoms with Crippen molar-refractivity contribution in [1.82, 2.24) is 9.97 Å². The molecule has 14 heavy (non-hydrogen) atoms. The summed E-state index contributed by atoms with van der Waals surface area (Å²) in [5.41, 5.74) is 5.84. The summed E-state index contributed by atoms with van der Waals surface area (Å²) in [6.07, 6.45) is 4.84. The van der Waals surface area contributed by atoms with Gasteiger partial charge < -0.3 is 10.6 Å². The van der Waals surface area contributed by atoms with E-state index in [1.54, 1.807) is 18.0 Å². The molecule has 1 fully saturated rings. The average Bonchev–Trinajstić information content (AvgIpc) is 2.65. The number of rotatable bonds is 2. The van der Waals surface area contributed by atoms with Gasteiger partial charge in [-0.15, -0.1) is 0 Å². The maximum absolute atomic E-state index is 5.84. The molecule has 4 nitrogen and oxygen atoms in total. The molecule has 1 aromatic rings. The Kier molecular flexibility index (Phi) is 2.88. The van der Waals surface area contributed by atoms with Crippen LogP contribution >= 0.6 is 11.8 Å². The van der Waals surface area contributed by atoms with Crippen LogP contribution in [0.25, 0.3) is 0 Å². The fourth-order valence-corrected chi connectivity index (χ4v) is 1.95. The third-order valence-electron chi connectivity index (χ3n) is 2.35. The van der Waals surface area contributed by atoms with Crippen LogP contribution in [0, 0.1) is 0 Å². The first kappa shape index (κ1) is 9.73. The van der Waals surface area contributed by atoms with Crippen LogP contribution in [0.4, 0.5) is 5.82 Å². The second-order valence-electron chi connectivity index (χ2n) is 3.40. The van der Waals surface area contributed by atoms with Crippen LogP contribution in [0.15, 0.2) is 17.4 Å². The predicted molar refractivity (Wildman–Crippen MR) is 58.6 cm³/mol. The van der Waals surface area contributed by atoms with E-state index in [0.717, 1.165) is 30.5 Å². The van der Waals surface area contributed by atoms with Gasteiger partial charge in [0, 0.05) is 25.3 Å². The van der Waals surface area contributed by atoms with Crippen LogP contribution < -0.4 is 10.6 Å². The van der Waals surface area contributed by atoms with Gasteiger partial charge in [0.05, 0.1) is 0 Å². The van der Waals surface area contributed by atoms with Crippen LogP contribution in [-0.4, -0.2) is 35.4 Å². The first-order valence-corrected chi connectivity index (χ1v) is 5.89. The van der Waals surface area contributed by atoms with Crippen molar-refractivity contribution in [2.75, 3.05) is 24.2 Å². The van der Waals surface area contributed by atoms with Gasteiger partial charge in [0.2, 0.25) is 0 Å². The van der Waals surface area contributed by atoms with Gasteiger partial charge in [0.1, 0.15) is 5.82 Å². The Bertz CT molecular complexity index is 317. The molecule has 1 aliphatic rings. The monoisotopic (exact) mass is 210 g/mol. The maximum Gasteiger partial charge on any atom is 0.189 e. The molecule has 0 bridgehead atoms. The van der Waals surface area contributed by atoms with E-state index in [9.17, 15) is 0 Å². The van der Waals surface area contributed by atoms with Crippen molar-refractivity contribution >= 4 is 17.6 Å². The van der Waals surface area contributed by atoms with Crippen LogP contribution in [0.2, 0.25) is 0 Å². The minimum Gasteiger partial charge on any atom is -0.355 e. The number of hydrogen-bond donors (Lipinski definition) is 1. The van der Waals surface area contributed by atoms with Gasteiger partial charge in [-0.25, -0.2) is 9.97 Å². The van der Waals surface area contributed by atoms with Crippen LogP contribution in [0.5, 0.6) is 0 Å². The highest BCUT2D eigenvalue weighted by atomic mass is 32.2. The number of anilines is 1. The molecule has 2 heterocycles. The van der Waals surface area contributed by atoms with Crippen molar-refractivity contribution in [2.24, 2.45) is 5.73 Å².